The third kappa shape index (κ3) is 4.75. The van der Waals surface area contributed by atoms with Crippen LogP contribution in [0.25, 0.3) is 0 Å². The van der Waals surface area contributed by atoms with E-state index in [0.29, 0.717) is 17.6 Å². The third-order valence-electron chi connectivity index (χ3n) is 2.49. The van der Waals surface area contributed by atoms with Crippen molar-refractivity contribution in [1.29, 1.82) is 0 Å². The average Bonchev–Trinajstić information content (AvgIpc) is 1.97. The van der Waals surface area contributed by atoms with Crippen LogP contribution in [0.5, 0.6) is 0 Å². The fourth-order valence-electron chi connectivity index (χ4n) is 1.41. The fourth-order valence-corrected chi connectivity index (χ4v) is 2.75. The van der Waals surface area contributed by atoms with Crippen LogP contribution in [-0.4, -0.2) is 20.4 Å². The number of rotatable bonds is 5. The molecular formula is C9H20O2S. The molecule has 0 spiro atoms. The van der Waals surface area contributed by atoms with Gasteiger partial charge in [0.2, 0.25) is 0 Å². The summed E-state index contributed by atoms with van der Waals surface area (Å²) in [5.41, 5.74) is 0. The smallest absolute Gasteiger partial charge is 0.147 e. The molecule has 0 aliphatic heterocycles. The Balaban J connectivity index is 4.18. The van der Waals surface area contributed by atoms with Crippen molar-refractivity contribution in [2.45, 2.75) is 33.6 Å². The third-order valence-corrected chi connectivity index (χ3v) is 3.52. The molecule has 0 saturated carbocycles. The van der Waals surface area contributed by atoms with Crippen molar-refractivity contribution in [2.75, 3.05) is 12.0 Å². The molecule has 3 heteroatoms. The lowest BCUT2D eigenvalue weighted by Gasteiger charge is -2.19. The van der Waals surface area contributed by atoms with E-state index in [0.717, 1.165) is 12.8 Å². The first-order chi connectivity index (χ1) is 5.40. The van der Waals surface area contributed by atoms with Gasteiger partial charge >= 0.3 is 0 Å². The van der Waals surface area contributed by atoms with Crippen LogP contribution in [0, 0.1) is 11.8 Å². The second-order valence-corrected chi connectivity index (χ2v) is 5.83. The lowest BCUT2D eigenvalue weighted by molar-refractivity contribution is 0.368. The van der Waals surface area contributed by atoms with Gasteiger partial charge in [-0.15, -0.1) is 0 Å². The molecule has 0 aromatic carbocycles. The molecule has 0 heterocycles. The summed E-state index contributed by atoms with van der Waals surface area (Å²) < 4.78 is 22.0. The van der Waals surface area contributed by atoms with E-state index in [1.807, 2.05) is 0 Å². The number of sulfone groups is 1. The summed E-state index contributed by atoms with van der Waals surface area (Å²) in [5.74, 6) is 1.20. The Morgan fingerprint density at radius 1 is 1.17 bits per heavy atom. The summed E-state index contributed by atoms with van der Waals surface area (Å²) in [6.45, 7) is 6.29. The molecule has 0 amide bonds. The number of hydrogen-bond donors (Lipinski definition) is 0. The molecular weight excluding hydrogens is 172 g/mol. The summed E-state index contributed by atoms with van der Waals surface area (Å²) in [5, 5.41) is 0. The van der Waals surface area contributed by atoms with Crippen LogP contribution in [0.15, 0.2) is 0 Å². The fraction of sp³-hybridized carbons (Fsp3) is 1.00. The van der Waals surface area contributed by atoms with Gasteiger partial charge in [-0.1, -0.05) is 33.6 Å². The van der Waals surface area contributed by atoms with Gasteiger partial charge in [0.25, 0.3) is 0 Å². The Labute approximate surface area is 76.3 Å². The first-order valence-electron chi connectivity index (χ1n) is 4.58. The Morgan fingerprint density at radius 2 is 1.67 bits per heavy atom. The van der Waals surface area contributed by atoms with Crippen LogP contribution in [0.3, 0.4) is 0 Å². The molecule has 0 radical (unpaired) electrons. The molecule has 0 aromatic heterocycles. The molecule has 0 aliphatic carbocycles. The van der Waals surface area contributed by atoms with Crippen molar-refractivity contribution in [2.24, 2.45) is 11.8 Å². The highest BCUT2D eigenvalue weighted by atomic mass is 32.2. The SMILES string of the molecule is CCC(C)C(CC)CS(C)(=O)=O. The van der Waals surface area contributed by atoms with E-state index in [2.05, 4.69) is 20.8 Å². The summed E-state index contributed by atoms with van der Waals surface area (Å²) in [6, 6.07) is 0. The maximum absolute atomic E-state index is 11.0. The quantitative estimate of drug-likeness (QED) is 0.668. The molecule has 0 aromatic rings. The minimum Gasteiger partial charge on any atom is -0.229 e. The predicted molar refractivity (Wildman–Crippen MR) is 52.9 cm³/mol. The highest BCUT2D eigenvalue weighted by Crippen LogP contribution is 2.19. The van der Waals surface area contributed by atoms with Crippen LogP contribution in [-0.2, 0) is 9.84 Å². The zero-order valence-electron chi connectivity index (χ0n) is 8.50. The second kappa shape index (κ2) is 4.85. The van der Waals surface area contributed by atoms with Crippen LogP contribution < -0.4 is 0 Å². The van der Waals surface area contributed by atoms with Crippen molar-refractivity contribution in [3.05, 3.63) is 0 Å². The van der Waals surface area contributed by atoms with Crippen molar-refractivity contribution in [3.63, 3.8) is 0 Å². The summed E-state index contributed by atoms with van der Waals surface area (Å²) >= 11 is 0. The maximum Gasteiger partial charge on any atom is 0.147 e. The standard InChI is InChI=1S/C9H20O2S/c1-5-8(3)9(6-2)7-12(4,10)11/h8-9H,5-7H2,1-4H3. The minimum atomic E-state index is -2.79. The van der Waals surface area contributed by atoms with Gasteiger partial charge in [0, 0.05) is 6.26 Å². The van der Waals surface area contributed by atoms with Gasteiger partial charge in [-0.3, -0.25) is 0 Å². The van der Waals surface area contributed by atoms with Crippen molar-refractivity contribution < 1.29 is 8.42 Å². The van der Waals surface area contributed by atoms with Gasteiger partial charge in [0.1, 0.15) is 9.84 Å². The van der Waals surface area contributed by atoms with Gasteiger partial charge in [-0.25, -0.2) is 8.42 Å². The van der Waals surface area contributed by atoms with E-state index >= 15 is 0 Å². The van der Waals surface area contributed by atoms with Crippen LogP contribution in [0.1, 0.15) is 33.6 Å². The Morgan fingerprint density at radius 3 is 1.92 bits per heavy atom. The van der Waals surface area contributed by atoms with E-state index in [4.69, 9.17) is 0 Å². The second-order valence-electron chi connectivity index (χ2n) is 3.65. The zero-order valence-corrected chi connectivity index (χ0v) is 9.32. The molecule has 74 valence electrons. The van der Waals surface area contributed by atoms with Crippen molar-refractivity contribution >= 4 is 9.84 Å². The van der Waals surface area contributed by atoms with Gasteiger partial charge in [-0.2, -0.15) is 0 Å². The van der Waals surface area contributed by atoms with Crippen LogP contribution in [0.2, 0.25) is 0 Å². The van der Waals surface area contributed by atoms with Crippen molar-refractivity contribution in [3.8, 4) is 0 Å². The minimum absolute atomic E-state index is 0.338. The Hall–Kier alpha value is -0.0500. The van der Waals surface area contributed by atoms with Crippen molar-refractivity contribution in [1.82, 2.24) is 0 Å². The predicted octanol–water partition coefficient (Wildman–Crippen LogP) is 2.10. The molecule has 2 nitrogen and oxygen atoms in total. The molecule has 0 N–H and O–H groups in total. The topological polar surface area (TPSA) is 34.1 Å². The summed E-state index contributed by atoms with van der Waals surface area (Å²) in [7, 11) is -2.79. The average molecular weight is 192 g/mol. The molecule has 0 saturated heterocycles. The van der Waals surface area contributed by atoms with Gasteiger partial charge in [0.05, 0.1) is 5.75 Å². The van der Waals surface area contributed by atoms with Gasteiger partial charge < -0.3 is 0 Å². The lowest BCUT2D eigenvalue weighted by atomic mass is 9.91. The molecule has 2 unspecified atom stereocenters. The normalized spacial score (nSPS) is 17.3. The lowest BCUT2D eigenvalue weighted by Crippen LogP contribution is -2.20. The molecule has 2 atom stereocenters. The monoisotopic (exact) mass is 192 g/mol. The Bertz CT molecular complexity index is 207. The van der Waals surface area contributed by atoms with Gasteiger partial charge in [-0.05, 0) is 11.8 Å². The molecule has 0 rings (SSSR count). The van der Waals surface area contributed by atoms with Crippen LogP contribution in [0.4, 0.5) is 0 Å². The van der Waals surface area contributed by atoms with E-state index in [1.165, 1.54) is 6.26 Å². The first kappa shape index (κ1) is 11.9. The maximum atomic E-state index is 11.0. The molecule has 12 heavy (non-hydrogen) atoms. The molecule has 0 bridgehead atoms. The molecule has 0 aliphatic rings. The summed E-state index contributed by atoms with van der Waals surface area (Å²) in [4.78, 5) is 0. The zero-order chi connectivity index (χ0) is 9.78. The van der Waals surface area contributed by atoms with E-state index in [-0.39, 0.29) is 0 Å². The number of hydrogen-bond acceptors (Lipinski definition) is 2. The van der Waals surface area contributed by atoms with E-state index in [9.17, 15) is 8.42 Å². The highest BCUT2D eigenvalue weighted by Gasteiger charge is 2.18. The first-order valence-corrected chi connectivity index (χ1v) is 6.64. The van der Waals surface area contributed by atoms with E-state index in [1.54, 1.807) is 0 Å². The van der Waals surface area contributed by atoms with E-state index < -0.39 is 9.84 Å². The summed E-state index contributed by atoms with van der Waals surface area (Å²) in [6.07, 6.45) is 3.34. The van der Waals surface area contributed by atoms with Crippen LogP contribution >= 0.6 is 0 Å². The largest absolute Gasteiger partial charge is 0.229 e. The molecule has 0 fully saturated rings. The Kier molecular flexibility index (Phi) is 4.83. The highest BCUT2D eigenvalue weighted by molar-refractivity contribution is 7.90. The van der Waals surface area contributed by atoms with Gasteiger partial charge in [0.15, 0.2) is 0 Å².